The SMILES string of the molecule is COc1ccccc1C(C)NC(=O)CCCOc1cccc(C)c1. The van der Waals surface area contributed by atoms with Gasteiger partial charge in [-0.25, -0.2) is 0 Å². The van der Waals surface area contributed by atoms with Crippen LogP contribution in [-0.2, 0) is 4.79 Å². The van der Waals surface area contributed by atoms with E-state index in [2.05, 4.69) is 5.32 Å². The molecule has 2 aromatic rings. The number of rotatable bonds is 8. The Labute approximate surface area is 143 Å². The van der Waals surface area contributed by atoms with E-state index in [0.29, 0.717) is 19.4 Å². The van der Waals surface area contributed by atoms with Crippen molar-refractivity contribution in [2.24, 2.45) is 0 Å². The minimum atomic E-state index is -0.0914. The van der Waals surface area contributed by atoms with E-state index in [4.69, 9.17) is 9.47 Å². The second-order valence-corrected chi connectivity index (χ2v) is 5.80. The quantitative estimate of drug-likeness (QED) is 0.744. The molecule has 0 spiro atoms. The summed E-state index contributed by atoms with van der Waals surface area (Å²) in [6.45, 7) is 4.51. The van der Waals surface area contributed by atoms with Crippen LogP contribution in [0.15, 0.2) is 48.5 Å². The van der Waals surface area contributed by atoms with Crippen LogP contribution in [-0.4, -0.2) is 19.6 Å². The molecule has 128 valence electrons. The van der Waals surface area contributed by atoms with Gasteiger partial charge in [-0.05, 0) is 44.0 Å². The van der Waals surface area contributed by atoms with E-state index < -0.39 is 0 Å². The average Bonchev–Trinajstić information content (AvgIpc) is 2.58. The highest BCUT2D eigenvalue weighted by molar-refractivity contribution is 5.76. The molecule has 1 unspecified atom stereocenters. The van der Waals surface area contributed by atoms with E-state index in [0.717, 1.165) is 22.6 Å². The van der Waals surface area contributed by atoms with Crippen LogP contribution in [0.25, 0.3) is 0 Å². The molecule has 0 aliphatic rings. The number of carbonyl (C=O) groups is 1. The number of benzene rings is 2. The van der Waals surface area contributed by atoms with Gasteiger partial charge in [0, 0.05) is 12.0 Å². The number of hydrogen-bond donors (Lipinski definition) is 1. The van der Waals surface area contributed by atoms with E-state index in [9.17, 15) is 4.79 Å². The second-order valence-electron chi connectivity index (χ2n) is 5.80. The average molecular weight is 327 g/mol. The molecule has 0 radical (unpaired) electrons. The fourth-order valence-corrected chi connectivity index (χ4v) is 2.54. The van der Waals surface area contributed by atoms with Gasteiger partial charge < -0.3 is 14.8 Å². The topological polar surface area (TPSA) is 47.6 Å². The van der Waals surface area contributed by atoms with Crippen molar-refractivity contribution in [1.82, 2.24) is 5.32 Å². The third-order valence-corrected chi connectivity index (χ3v) is 3.79. The Hall–Kier alpha value is -2.49. The predicted octanol–water partition coefficient (Wildman–Crippen LogP) is 4.04. The molecule has 2 aromatic carbocycles. The van der Waals surface area contributed by atoms with E-state index >= 15 is 0 Å². The van der Waals surface area contributed by atoms with Crippen molar-refractivity contribution in [2.45, 2.75) is 32.7 Å². The number of nitrogens with one attached hydrogen (secondary N) is 1. The lowest BCUT2D eigenvalue weighted by Crippen LogP contribution is -2.27. The van der Waals surface area contributed by atoms with Gasteiger partial charge in [-0.1, -0.05) is 30.3 Å². The summed E-state index contributed by atoms with van der Waals surface area (Å²) < 4.78 is 11.0. The largest absolute Gasteiger partial charge is 0.496 e. The lowest BCUT2D eigenvalue weighted by atomic mass is 10.1. The van der Waals surface area contributed by atoms with Gasteiger partial charge in [0.05, 0.1) is 19.8 Å². The van der Waals surface area contributed by atoms with Gasteiger partial charge in [-0.3, -0.25) is 4.79 Å². The molecular weight excluding hydrogens is 302 g/mol. The Morgan fingerprint density at radius 1 is 1.17 bits per heavy atom. The number of para-hydroxylation sites is 1. The molecule has 0 saturated carbocycles. The van der Waals surface area contributed by atoms with Crippen molar-refractivity contribution in [3.05, 3.63) is 59.7 Å². The summed E-state index contributed by atoms with van der Waals surface area (Å²) in [5, 5.41) is 3.00. The van der Waals surface area contributed by atoms with Crippen LogP contribution >= 0.6 is 0 Å². The van der Waals surface area contributed by atoms with Gasteiger partial charge in [-0.2, -0.15) is 0 Å². The highest BCUT2D eigenvalue weighted by Crippen LogP contribution is 2.24. The third-order valence-electron chi connectivity index (χ3n) is 3.79. The van der Waals surface area contributed by atoms with E-state index in [1.165, 1.54) is 0 Å². The van der Waals surface area contributed by atoms with Crippen LogP contribution in [0.2, 0.25) is 0 Å². The first-order valence-corrected chi connectivity index (χ1v) is 8.22. The van der Waals surface area contributed by atoms with Crippen LogP contribution in [0, 0.1) is 6.92 Å². The number of aryl methyl sites for hydroxylation is 1. The molecule has 2 rings (SSSR count). The summed E-state index contributed by atoms with van der Waals surface area (Å²) >= 11 is 0. The van der Waals surface area contributed by atoms with Crippen LogP contribution in [0.3, 0.4) is 0 Å². The maximum atomic E-state index is 12.1. The molecular formula is C20H25NO3. The van der Waals surface area contributed by atoms with E-state index in [1.807, 2.05) is 62.4 Å². The monoisotopic (exact) mass is 327 g/mol. The van der Waals surface area contributed by atoms with Crippen molar-refractivity contribution < 1.29 is 14.3 Å². The van der Waals surface area contributed by atoms with Crippen LogP contribution in [0.4, 0.5) is 0 Å². The standard InChI is InChI=1S/C20H25NO3/c1-15-8-6-9-17(14-15)24-13-7-12-20(22)21-16(2)18-10-4-5-11-19(18)23-3/h4-6,8-11,14,16H,7,12-13H2,1-3H3,(H,21,22). The zero-order valence-electron chi connectivity index (χ0n) is 14.5. The first-order chi connectivity index (χ1) is 11.6. The molecule has 1 atom stereocenters. The van der Waals surface area contributed by atoms with Crippen molar-refractivity contribution >= 4 is 5.91 Å². The fraction of sp³-hybridized carbons (Fsp3) is 0.350. The molecule has 4 heteroatoms. The van der Waals surface area contributed by atoms with Gasteiger partial charge >= 0.3 is 0 Å². The molecule has 1 amide bonds. The lowest BCUT2D eigenvalue weighted by molar-refractivity contribution is -0.121. The summed E-state index contributed by atoms with van der Waals surface area (Å²) in [6, 6.07) is 15.5. The molecule has 4 nitrogen and oxygen atoms in total. The Balaban J connectivity index is 1.75. The zero-order valence-corrected chi connectivity index (χ0v) is 14.5. The normalized spacial score (nSPS) is 11.6. The smallest absolute Gasteiger partial charge is 0.220 e. The highest BCUT2D eigenvalue weighted by atomic mass is 16.5. The van der Waals surface area contributed by atoms with E-state index in [-0.39, 0.29) is 11.9 Å². The second kappa shape index (κ2) is 8.96. The van der Waals surface area contributed by atoms with Crippen LogP contribution < -0.4 is 14.8 Å². The number of hydrogen-bond acceptors (Lipinski definition) is 3. The van der Waals surface area contributed by atoms with Crippen molar-refractivity contribution in [3.8, 4) is 11.5 Å². The minimum Gasteiger partial charge on any atom is -0.496 e. The molecule has 0 bridgehead atoms. The van der Waals surface area contributed by atoms with Crippen molar-refractivity contribution in [2.75, 3.05) is 13.7 Å². The molecule has 0 heterocycles. The van der Waals surface area contributed by atoms with Crippen molar-refractivity contribution in [1.29, 1.82) is 0 Å². The van der Waals surface area contributed by atoms with Gasteiger partial charge in [-0.15, -0.1) is 0 Å². The Bertz CT molecular complexity index is 669. The third kappa shape index (κ3) is 5.30. The number of methoxy groups -OCH3 is 1. The molecule has 1 N–H and O–H groups in total. The summed E-state index contributed by atoms with van der Waals surface area (Å²) in [6.07, 6.45) is 1.11. The number of ether oxygens (including phenoxy) is 2. The molecule has 0 saturated heterocycles. The molecule has 0 aliphatic carbocycles. The summed E-state index contributed by atoms with van der Waals surface area (Å²) in [5.74, 6) is 1.65. The molecule has 0 aromatic heterocycles. The minimum absolute atomic E-state index is 0.0150. The number of carbonyl (C=O) groups excluding carboxylic acids is 1. The maximum absolute atomic E-state index is 12.1. The first-order valence-electron chi connectivity index (χ1n) is 8.22. The van der Waals surface area contributed by atoms with Crippen molar-refractivity contribution in [3.63, 3.8) is 0 Å². The Kier molecular flexibility index (Phi) is 6.67. The summed E-state index contributed by atoms with van der Waals surface area (Å²) in [4.78, 5) is 12.1. The van der Waals surface area contributed by atoms with Gasteiger partial charge in [0.1, 0.15) is 11.5 Å². The first kappa shape index (κ1) is 17.9. The zero-order chi connectivity index (χ0) is 17.4. The van der Waals surface area contributed by atoms with Crippen LogP contribution in [0.1, 0.15) is 36.9 Å². The summed E-state index contributed by atoms with van der Waals surface area (Å²) in [7, 11) is 1.63. The van der Waals surface area contributed by atoms with Gasteiger partial charge in [0.2, 0.25) is 5.91 Å². The molecule has 0 aliphatic heterocycles. The molecule has 0 fully saturated rings. The van der Waals surface area contributed by atoms with Crippen LogP contribution in [0.5, 0.6) is 11.5 Å². The van der Waals surface area contributed by atoms with E-state index in [1.54, 1.807) is 7.11 Å². The Morgan fingerprint density at radius 2 is 1.96 bits per heavy atom. The maximum Gasteiger partial charge on any atom is 0.220 e. The van der Waals surface area contributed by atoms with Gasteiger partial charge in [0.15, 0.2) is 0 Å². The highest BCUT2D eigenvalue weighted by Gasteiger charge is 2.13. The predicted molar refractivity (Wildman–Crippen MR) is 95.5 cm³/mol. The summed E-state index contributed by atoms with van der Waals surface area (Å²) in [5.41, 5.74) is 2.14. The fourth-order valence-electron chi connectivity index (χ4n) is 2.54. The lowest BCUT2D eigenvalue weighted by Gasteiger charge is -2.17. The Morgan fingerprint density at radius 3 is 2.71 bits per heavy atom. The molecule has 24 heavy (non-hydrogen) atoms. The number of amides is 1. The van der Waals surface area contributed by atoms with Gasteiger partial charge in [0.25, 0.3) is 0 Å².